The van der Waals surface area contributed by atoms with Gasteiger partial charge in [0.1, 0.15) is 11.6 Å². The summed E-state index contributed by atoms with van der Waals surface area (Å²) in [5.74, 6) is 0.888. The monoisotopic (exact) mass is 634 g/mol. The number of piperidine rings is 1. The Balaban J connectivity index is 1.43. The molecule has 0 aliphatic carbocycles. The van der Waals surface area contributed by atoms with Crippen LogP contribution in [0.5, 0.6) is 5.75 Å². The molecule has 0 bridgehead atoms. The third-order valence-electron chi connectivity index (χ3n) is 9.09. The molecular weight excluding hydrogens is 597 g/mol. The van der Waals surface area contributed by atoms with Crippen molar-refractivity contribution in [3.63, 3.8) is 0 Å². The van der Waals surface area contributed by atoms with Gasteiger partial charge in [-0.3, -0.25) is 14.5 Å². The molecule has 4 aromatic heterocycles. The molecule has 0 atom stereocenters. The maximum Gasteiger partial charge on any atom is 0.401 e. The summed E-state index contributed by atoms with van der Waals surface area (Å²) in [7, 11) is 1.48. The number of carbonyl (C=O) groups excluding carboxylic acids is 1. The minimum atomic E-state index is -4.24. The number of fused-ring (bicyclic) bond motifs is 2. The second-order valence-corrected chi connectivity index (χ2v) is 12.0. The summed E-state index contributed by atoms with van der Waals surface area (Å²) in [6, 6.07) is 7.61. The first-order chi connectivity index (χ1) is 21.9. The summed E-state index contributed by atoms with van der Waals surface area (Å²) >= 11 is 0. The van der Waals surface area contributed by atoms with Gasteiger partial charge in [-0.25, -0.2) is 4.98 Å². The number of nitrogens with one attached hydrogen (secondary N) is 3. The van der Waals surface area contributed by atoms with E-state index in [1.807, 2.05) is 38.2 Å². The van der Waals surface area contributed by atoms with Gasteiger partial charge in [0, 0.05) is 54.4 Å². The zero-order valence-corrected chi connectivity index (χ0v) is 26.3. The molecule has 242 valence electrons. The fourth-order valence-corrected chi connectivity index (χ4v) is 6.80. The zero-order valence-electron chi connectivity index (χ0n) is 26.3. The highest BCUT2D eigenvalue weighted by Gasteiger charge is 2.32. The summed E-state index contributed by atoms with van der Waals surface area (Å²) in [5.41, 5.74) is 8.58. The van der Waals surface area contributed by atoms with Gasteiger partial charge >= 0.3 is 6.18 Å². The van der Waals surface area contributed by atoms with E-state index in [1.54, 1.807) is 19.2 Å². The Morgan fingerprint density at radius 3 is 2.59 bits per heavy atom. The van der Waals surface area contributed by atoms with Crippen molar-refractivity contribution in [2.24, 2.45) is 0 Å². The van der Waals surface area contributed by atoms with Crippen molar-refractivity contribution in [3.05, 3.63) is 86.2 Å². The maximum atomic E-state index is 13.9. The number of H-pyrrole nitrogens is 1. The summed E-state index contributed by atoms with van der Waals surface area (Å²) in [4.78, 5) is 35.3. The van der Waals surface area contributed by atoms with Gasteiger partial charge in [-0.2, -0.15) is 13.2 Å². The summed E-state index contributed by atoms with van der Waals surface area (Å²) < 4.78 is 46.7. The number of allylic oxidation sites excluding steroid dienone is 1. The van der Waals surface area contributed by atoms with E-state index in [0.717, 1.165) is 63.4 Å². The molecule has 1 amide bonds. The number of halogens is 3. The van der Waals surface area contributed by atoms with E-state index in [2.05, 4.69) is 25.0 Å². The van der Waals surface area contributed by atoms with E-state index >= 15 is 0 Å². The number of aryl methyl sites for hydroxylation is 1. The lowest BCUT2D eigenvalue weighted by molar-refractivity contribution is -0.146. The molecule has 1 saturated heterocycles. The number of aromatic nitrogens is 3. The van der Waals surface area contributed by atoms with Crippen LogP contribution >= 0.6 is 0 Å². The number of methoxy groups -OCH3 is 1. The second-order valence-electron chi connectivity index (χ2n) is 12.0. The topological polar surface area (TPSA) is 104 Å². The van der Waals surface area contributed by atoms with Crippen LogP contribution in [0.4, 0.5) is 19.0 Å². The van der Waals surface area contributed by atoms with Crippen molar-refractivity contribution in [2.45, 2.75) is 52.8 Å². The van der Waals surface area contributed by atoms with Crippen LogP contribution in [0.1, 0.15) is 58.2 Å². The number of likely N-dealkylation sites (tertiary alicyclic amines) is 1. The van der Waals surface area contributed by atoms with Crippen molar-refractivity contribution < 1.29 is 22.7 Å². The number of ether oxygens (including phenoxy) is 1. The molecule has 1 fully saturated rings. The average Bonchev–Trinajstić information content (AvgIpc) is 3.66. The van der Waals surface area contributed by atoms with Gasteiger partial charge in [0.05, 0.1) is 37.0 Å². The van der Waals surface area contributed by atoms with Gasteiger partial charge in [-0.15, -0.1) is 0 Å². The Bertz CT molecular complexity index is 1910. The fourth-order valence-electron chi connectivity index (χ4n) is 6.80. The lowest BCUT2D eigenvalue weighted by Crippen LogP contribution is -2.38. The van der Waals surface area contributed by atoms with Crippen molar-refractivity contribution in [1.82, 2.24) is 24.6 Å². The van der Waals surface area contributed by atoms with E-state index in [1.165, 1.54) is 12.0 Å². The molecule has 0 aromatic carbocycles. The molecule has 2 aliphatic heterocycles. The number of carbonyl (C=O) groups is 1. The number of rotatable bonds is 7. The molecule has 6 heterocycles. The molecule has 4 aromatic rings. The zero-order chi connectivity index (χ0) is 32.7. The number of pyridine rings is 3. The van der Waals surface area contributed by atoms with E-state index in [-0.39, 0.29) is 18.0 Å². The Kier molecular flexibility index (Phi) is 8.41. The quantitative estimate of drug-likeness (QED) is 0.243. The van der Waals surface area contributed by atoms with Crippen LogP contribution in [-0.4, -0.2) is 64.6 Å². The Hall–Kier alpha value is -4.58. The van der Waals surface area contributed by atoms with Gasteiger partial charge in [-0.05, 0) is 81.0 Å². The Morgan fingerprint density at radius 2 is 1.87 bits per heavy atom. The number of aromatic amines is 1. The van der Waals surface area contributed by atoms with Crippen LogP contribution in [0.15, 0.2) is 47.0 Å². The van der Waals surface area contributed by atoms with E-state index in [9.17, 15) is 22.8 Å². The largest absolute Gasteiger partial charge is 0.496 e. The van der Waals surface area contributed by atoms with Crippen LogP contribution in [0.3, 0.4) is 0 Å². The molecule has 3 N–H and O–H groups in total. The third-order valence-corrected chi connectivity index (χ3v) is 9.09. The van der Waals surface area contributed by atoms with Gasteiger partial charge in [0.2, 0.25) is 0 Å². The van der Waals surface area contributed by atoms with Crippen molar-refractivity contribution in [1.29, 1.82) is 0 Å². The molecule has 2 aliphatic rings. The highest BCUT2D eigenvalue weighted by atomic mass is 19.4. The van der Waals surface area contributed by atoms with E-state index in [0.29, 0.717) is 48.5 Å². The first-order valence-electron chi connectivity index (χ1n) is 15.3. The number of nitrogens with zero attached hydrogens (tertiary/aromatic N) is 3. The standard InChI is InChI=1S/C34H37F3N6O3/c1-19-15-29(46-4)27(33(45)41-19)17-40-32(44)26-16-28-24(23-5-10-38-31-25(23)6-11-39-31)9-14-43(28)30(21(26)3)20(2)22-7-12-42(13-8-22)18-34(35,36)37/h5,9-10,14-16H,6-8,11-13,17-18H2,1-4H3,(H,38,39)(H,40,44)(H,41,45). The average molecular weight is 635 g/mol. The molecule has 0 saturated carbocycles. The van der Waals surface area contributed by atoms with Gasteiger partial charge in [0.25, 0.3) is 11.5 Å². The van der Waals surface area contributed by atoms with Crippen molar-refractivity contribution in [3.8, 4) is 16.9 Å². The second kappa shape index (κ2) is 12.3. The SMILES string of the molecule is COc1cc(C)[nH]c(=O)c1CNC(=O)c1cc2c(-c3ccnc4c3CCN4)ccn2c(C(C)=C2CCN(CC(F)(F)F)CC2)c1C. The smallest absolute Gasteiger partial charge is 0.401 e. The lowest BCUT2D eigenvalue weighted by Gasteiger charge is -2.30. The number of alkyl halides is 3. The van der Waals surface area contributed by atoms with Gasteiger partial charge in [-0.1, -0.05) is 5.57 Å². The molecule has 0 unspecified atom stereocenters. The molecule has 0 spiro atoms. The first-order valence-corrected chi connectivity index (χ1v) is 15.3. The van der Waals surface area contributed by atoms with Crippen LogP contribution < -0.4 is 20.9 Å². The van der Waals surface area contributed by atoms with Crippen LogP contribution in [0.2, 0.25) is 0 Å². The highest BCUT2D eigenvalue weighted by Crippen LogP contribution is 2.38. The Morgan fingerprint density at radius 1 is 1.11 bits per heavy atom. The number of hydrogen-bond donors (Lipinski definition) is 3. The third kappa shape index (κ3) is 6.01. The fraction of sp³-hybridized carbons (Fsp3) is 0.382. The molecule has 0 radical (unpaired) electrons. The molecule has 6 rings (SSSR count). The minimum Gasteiger partial charge on any atom is -0.496 e. The number of hydrogen-bond acceptors (Lipinski definition) is 6. The lowest BCUT2D eigenvalue weighted by atomic mass is 9.92. The summed E-state index contributed by atoms with van der Waals surface area (Å²) in [6.07, 6.45) is 1.36. The van der Waals surface area contributed by atoms with E-state index in [4.69, 9.17) is 4.74 Å². The van der Waals surface area contributed by atoms with Crippen LogP contribution in [0.25, 0.3) is 22.2 Å². The predicted octanol–water partition coefficient (Wildman–Crippen LogP) is 5.64. The van der Waals surface area contributed by atoms with E-state index < -0.39 is 12.7 Å². The van der Waals surface area contributed by atoms with Crippen molar-refractivity contribution in [2.75, 3.05) is 38.6 Å². The normalized spacial score (nSPS) is 15.2. The number of amides is 1. The van der Waals surface area contributed by atoms with Crippen LogP contribution in [0, 0.1) is 13.8 Å². The Labute approximate surface area is 264 Å². The first kappa shape index (κ1) is 31.4. The number of anilines is 1. The summed E-state index contributed by atoms with van der Waals surface area (Å²) in [6.45, 7) is 6.10. The highest BCUT2D eigenvalue weighted by molar-refractivity contribution is 6.00. The maximum absolute atomic E-state index is 13.9. The van der Waals surface area contributed by atoms with Gasteiger partial charge in [0.15, 0.2) is 0 Å². The van der Waals surface area contributed by atoms with Crippen molar-refractivity contribution >= 4 is 22.8 Å². The predicted molar refractivity (Wildman–Crippen MR) is 171 cm³/mol. The molecule has 9 nitrogen and oxygen atoms in total. The molecular formula is C34H37F3N6O3. The van der Waals surface area contributed by atoms with Gasteiger partial charge < -0.3 is 24.8 Å². The minimum absolute atomic E-state index is 0.0376. The molecule has 12 heteroatoms. The summed E-state index contributed by atoms with van der Waals surface area (Å²) in [5, 5.41) is 6.25. The van der Waals surface area contributed by atoms with Crippen LogP contribution in [-0.2, 0) is 13.0 Å². The molecule has 46 heavy (non-hydrogen) atoms.